The van der Waals surface area contributed by atoms with E-state index in [4.69, 9.17) is 9.47 Å². The standard InChI is InChI=1S/C25H25F3N2O3S/c1-2-32-23(31)15-33-22-8-5-17-9-11-30(12-10-19(17)13-22)14-21-16-34-24(29-21)18-3-6-20(7-4-18)25(26,27)28/h3-8,13,16H,2,9-12,14-15H2,1H3. The average Bonchev–Trinajstić information content (AvgIpc) is 3.19. The lowest BCUT2D eigenvalue weighted by Gasteiger charge is -2.18. The van der Waals surface area contributed by atoms with Crippen molar-refractivity contribution in [3.05, 3.63) is 70.2 Å². The first-order valence-electron chi connectivity index (χ1n) is 11.1. The first-order chi connectivity index (χ1) is 16.3. The summed E-state index contributed by atoms with van der Waals surface area (Å²) in [6, 6.07) is 11.0. The summed E-state index contributed by atoms with van der Waals surface area (Å²) in [7, 11) is 0. The number of ether oxygens (including phenoxy) is 2. The first kappa shape index (κ1) is 24.2. The number of rotatable bonds is 7. The molecule has 1 aromatic heterocycles. The highest BCUT2D eigenvalue weighted by Gasteiger charge is 2.30. The number of carbonyl (C=O) groups is 1. The fraction of sp³-hybridized carbons (Fsp3) is 0.360. The molecule has 34 heavy (non-hydrogen) atoms. The molecule has 0 radical (unpaired) electrons. The minimum atomic E-state index is -4.34. The molecule has 180 valence electrons. The van der Waals surface area contributed by atoms with Gasteiger partial charge in [-0.3, -0.25) is 4.90 Å². The molecular weight excluding hydrogens is 465 g/mol. The molecule has 0 amide bonds. The number of carbonyl (C=O) groups excluding carboxylic acids is 1. The number of fused-ring (bicyclic) bond motifs is 1. The molecule has 2 aromatic carbocycles. The normalized spacial score (nSPS) is 14.4. The third-order valence-electron chi connectivity index (χ3n) is 5.63. The third kappa shape index (κ3) is 6.15. The van der Waals surface area contributed by atoms with Crippen LogP contribution in [0.4, 0.5) is 13.2 Å². The van der Waals surface area contributed by atoms with E-state index in [2.05, 4.69) is 9.88 Å². The maximum atomic E-state index is 12.8. The van der Waals surface area contributed by atoms with Gasteiger partial charge in [0.05, 0.1) is 17.9 Å². The number of nitrogens with zero attached hydrogens (tertiary/aromatic N) is 2. The lowest BCUT2D eigenvalue weighted by atomic mass is 10.0. The Bertz CT molecular complexity index is 1130. The molecule has 0 N–H and O–H groups in total. The number of benzene rings is 2. The van der Waals surface area contributed by atoms with Crippen molar-refractivity contribution in [3.63, 3.8) is 0 Å². The van der Waals surface area contributed by atoms with Crippen LogP contribution in [0.25, 0.3) is 10.6 Å². The molecule has 0 aliphatic carbocycles. The molecule has 5 nitrogen and oxygen atoms in total. The highest BCUT2D eigenvalue weighted by molar-refractivity contribution is 7.13. The van der Waals surface area contributed by atoms with Crippen LogP contribution in [0.3, 0.4) is 0 Å². The summed E-state index contributed by atoms with van der Waals surface area (Å²) in [4.78, 5) is 18.5. The number of halogens is 3. The summed E-state index contributed by atoms with van der Waals surface area (Å²) < 4.78 is 48.8. The summed E-state index contributed by atoms with van der Waals surface area (Å²) in [5.74, 6) is 0.267. The SMILES string of the molecule is CCOC(=O)COc1ccc2c(c1)CCN(Cc1csc(-c3ccc(C(F)(F)F)cc3)n1)CC2. The number of hydrogen-bond acceptors (Lipinski definition) is 6. The molecule has 0 bridgehead atoms. The van der Waals surface area contributed by atoms with Gasteiger partial charge in [-0.1, -0.05) is 18.2 Å². The van der Waals surface area contributed by atoms with Gasteiger partial charge >= 0.3 is 12.1 Å². The summed E-state index contributed by atoms with van der Waals surface area (Å²) in [6.07, 6.45) is -2.60. The Kier molecular flexibility index (Phi) is 7.53. The van der Waals surface area contributed by atoms with E-state index in [9.17, 15) is 18.0 Å². The number of aromatic nitrogens is 1. The minimum absolute atomic E-state index is 0.107. The molecule has 3 aromatic rings. The zero-order valence-electron chi connectivity index (χ0n) is 18.7. The molecule has 0 fully saturated rings. The van der Waals surface area contributed by atoms with Gasteiger partial charge in [0.15, 0.2) is 6.61 Å². The molecule has 2 heterocycles. The molecule has 1 aliphatic heterocycles. The second kappa shape index (κ2) is 10.6. The van der Waals surface area contributed by atoms with Crippen LogP contribution >= 0.6 is 11.3 Å². The monoisotopic (exact) mass is 490 g/mol. The van der Waals surface area contributed by atoms with Gasteiger partial charge in [0.1, 0.15) is 10.8 Å². The molecule has 0 saturated carbocycles. The van der Waals surface area contributed by atoms with Crippen molar-refractivity contribution in [3.8, 4) is 16.3 Å². The molecule has 4 rings (SSSR count). The topological polar surface area (TPSA) is 51.7 Å². The van der Waals surface area contributed by atoms with Crippen molar-refractivity contribution < 1.29 is 27.4 Å². The molecule has 0 atom stereocenters. The van der Waals surface area contributed by atoms with Crippen LogP contribution in [0.15, 0.2) is 47.8 Å². The van der Waals surface area contributed by atoms with Crippen LogP contribution < -0.4 is 4.74 Å². The van der Waals surface area contributed by atoms with Gasteiger partial charge in [-0.05, 0) is 55.2 Å². The Morgan fingerprint density at radius 1 is 1.09 bits per heavy atom. The average molecular weight is 491 g/mol. The van der Waals surface area contributed by atoms with E-state index in [0.717, 1.165) is 43.8 Å². The maximum Gasteiger partial charge on any atom is 0.416 e. The molecule has 9 heteroatoms. The lowest BCUT2D eigenvalue weighted by molar-refractivity contribution is -0.145. The van der Waals surface area contributed by atoms with E-state index in [1.165, 1.54) is 34.6 Å². The highest BCUT2D eigenvalue weighted by atomic mass is 32.1. The van der Waals surface area contributed by atoms with E-state index < -0.39 is 11.7 Å². The molecule has 0 saturated heterocycles. The summed E-state index contributed by atoms with van der Waals surface area (Å²) in [5.41, 5.74) is 3.39. The second-order valence-corrected chi connectivity index (χ2v) is 8.88. The summed E-state index contributed by atoms with van der Waals surface area (Å²) in [5, 5.41) is 2.68. The first-order valence-corrected chi connectivity index (χ1v) is 11.9. The van der Waals surface area contributed by atoms with Crippen LogP contribution in [0.2, 0.25) is 0 Å². The number of thiazole rings is 1. The van der Waals surface area contributed by atoms with Crippen LogP contribution in [0.5, 0.6) is 5.75 Å². The Balaban J connectivity index is 1.35. The zero-order valence-corrected chi connectivity index (χ0v) is 19.5. The Morgan fingerprint density at radius 3 is 2.53 bits per heavy atom. The predicted molar refractivity (Wildman–Crippen MR) is 124 cm³/mol. The van der Waals surface area contributed by atoms with Crippen LogP contribution in [0.1, 0.15) is 29.3 Å². The van der Waals surface area contributed by atoms with Crippen molar-refractivity contribution in [2.45, 2.75) is 32.5 Å². The lowest BCUT2D eigenvalue weighted by Crippen LogP contribution is -2.26. The van der Waals surface area contributed by atoms with E-state index >= 15 is 0 Å². The van der Waals surface area contributed by atoms with Gasteiger partial charge < -0.3 is 9.47 Å². The van der Waals surface area contributed by atoms with Crippen LogP contribution in [-0.4, -0.2) is 42.2 Å². The summed E-state index contributed by atoms with van der Waals surface area (Å²) >= 11 is 1.44. The largest absolute Gasteiger partial charge is 0.482 e. The quantitative estimate of drug-likeness (QED) is 0.417. The number of hydrogen-bond donors (Lipinski definition) is 0. The molecule has 1 aliphatic rings. The van der Waals surface area contributed by atoms with E-state index in [1.807, 2.05) is 23.6 Å². The van der Waals surface area contributed by atoms with Crippen LogP contribution in [0, 0.1) is 0 Å². The van der Waals surface area contributed by atoms with Crippen LogP contribution in [-0.2, 0) is 35.1 Å². The minimum Gasteiger partial charge on any atom is -0.482 e. The van der Waals surface area contributed by atoms with Crippen molar-refractivity contribution in [1.82, 2.24) is 9.88 Å². The fourth-order valence-corrected chi connectivity index (χ4v) is 4.70. The Labute approximate surface area is 200 Å². The number of alkyl halides is 3. The van der Waals surface area contributed by atoms with Crippen molar-refractivity contribution in [2.75, 3.05) is 26.3 Å². The second-order valence-electron chi connectivity index (χ2n) is 8.02. The molecular formula is C25H25F3N2O3S. The van der Waals surface area contributed by atoms with Gasteiger partial charge in [0, 0.05) is 30.6 Å². The van der Waals surface area contributed by atoms with Gasteiger partial charge in [-0.15, -0.1) is 11.3 Å². The smallest absolute Gasteiger partial charge is 0.416 e. The molecule has 0 unspecified atom stereocenters. The third-order valence-corrected chi connectivity index (χ3v) is 6.57. The highest BCUT2D eigenvalue weighted by Crippen LogP contribution is 2.32. The Hall–Kier alpha value is -2.91. The van der Waals surface area contributed by atoms with Crippen molar-refractivity contribution in [2.24, 2.45) is 0 Å². The Morgan fingerprint density at radius 2 is 1.82 bits per heavy atom. The fourth-order valence-electron chi connectivity index (χ4n) is 3.88. The van der Waals surface area contributed by atoms with Gasteiger partial charge in [-0.2, -0.15) is 13.2 Å². The number of esters is 1. The van der Waals surface area contributed by atoms with E-state index in [0.29, 0.717) is 29.5 Å². The van der Waals surface area contributed by atoms with Gasteiger partial charge in [0.25, 0.3) is 0 Å². The zero-order chi connectivity index (χ0) is 24.1. The van der Waals surface area contributed by atoms with E-state index in [1.54, 1.807) is 6.92 Å². The van der Waals surface area contributed by atoms with Gasteiger partial charge in [0.2, 0.25) is 0 Å². The van der Waals surface area contributed by atoms with E-state index in [-0.39, 0.29) is 12.6 Å². The van der Waals surface area contributed by atoms with Crippen molar-refractivity contribution in [1.29, 1.82) is 0 Å². The predicted octanol–water partition coefficient (Wildman–Crippen LogP) is 5.37. The maximum absolute atomic E-state index is 12.8. The van der Waals surface area contributed by atoms with Gasteiger partial charge in [-0.25, -0.2) is 9.78 Å². The molecule has 0 spiro atoms. The van der Waals surface area contributed by atoms with Crippen molar-refractivity contribution >= 4 is 17.3 Å². The summed E-state index contributed by atoms with van der Waals surface area (Å²) in [6.45, 7) is 4.38.